The largest absolute Gasteiger partial charge is 0.330 e. The van der Waals surface area contributed by atoms with E-state index in [9.17, 15) is 0 Å². The number of nitrogens with zero attached hydrogens (tertiary/aromatic N) is 3. The summed E-state index contributed by atoms with van der Waals surface area (Å²) in [6.45, 7) is 3.80. The predicted molar refractivity (Wildman–Crippen MR) is 120 cm³/mol. The number of nitrogens with two attached hydrogens (primary N) is 1. The molecular weight excluding hydrogens is 380 g/mol. The smallest absolute Gasteiger partial charge is 0.0804 e. The van der Waals surface area contributed by atoms with Gasteiger partial charge in [-0.3, -0.25) is 4.90 Å². The summed E-state index contributed by atoms with van der Waals surface area (Å²) in [5.41, 5.74) is 12.9. The zero-order valence-corrected chi connectivity index (χ0v) is 17.5. The molecule has 2 aromatic carbocycles. The van der Waals surface area contributed by atoms with Crippen molar-refractivity contribution in [3.63, 3.8) is 0 Å². The Kier molecular flexibility index (Phi) is 6.04. The van der Waals surface area contributed by atoms with Gasteiger partial charge in [0, 0.05) is 31.2 Å². The summed E-state index contributed by atoms with van der Waals surface area (Å²) in [5, 5.41) is 5.06. The molecule has 5 heteroatoms. The highest BCUT2D eigenvalue weighted by Crippen LogP contribution is 2.34. The lowest BCUT2D eigenvalue weighted by Gasteiger charge is -2.16. The van der Waals surface area contributed by atoms with Gasteiger partial charge in [-0.1, -0.05) is 48.5 Å². The molecule has 0 amide bonds. The van der Waals surface area contributed by atoms with Gasteiger partial charge in [-0.2, -0.15) is 5.10 Å². The molecule has 2 aliphatic rings. The summed E-state index contributed by atoms with van der Waals surface area (Å²) in [7, 11) is 0. The molecule has 1 aliphatic heterocycles. The summed E-state index contributed by atoms with van der Waals surface area (Å²) < 4.78 is 2.18. The van der Waals surface area contributed by atoms with Crippen LogP contribution < -0.4 is 5.73 Å². The summed E-state index contributed by atoms with van der Waals surface area (Å²) in [6, 6.07) is 21.4. The van der Waals surface area contributed by atoms with Crippen LogP contribution in [0.15, 0.2) is 60.7 Å². The normalized spacial score (nSPS) is 21.1. The first-order valence-corrected chi connectivity index (χ1v) is 10.5. The van der Waals surface area contributed by atoms with E-state index in [0.29, 0.717) is 11.8 Å². The van der Waals surface area contributed by atoms with Crippen molar-refractivity contribution < 1.29 is 0 Å². The summed E-state index contributed by atoms with van der Waals surface area (Å²) in [5.74, 6) is 1.04. The highest BCUT2D eigenvalue weighted by molar-refractivity contribution is 5.85. The molecule has 1 fully saturated rings. The van der Waals surface area contributed by atoms with Crippen LogP contribution in [0.3, 0.4) is 0 Å². The zero-order valence-electron chi connectivity index (χ0n) is 16.7. The van der Waals surface area contributed by atoms with E-state index in [2.05, 4.69) is 70.2 Å². The van der Waals surface area contributed by atoms with E-state index in [1.54, 1.807) is 0 Å². The zero-order chi connectivity index (χ0) is 18.9. The fourth-order valence-corrected chi connectivity index (χ4v) is 5.04. The minimum absolute atomic E-state index is 0. The number of hydrogen-bond donors (Lipinski definition) is 1. The van der Waals surface area contributed by atoms with Gasteiger partial charge >= 0.3 is 0 Å². The molecule has 0 radical (unpaired) electrons. The number of rotatable bonds is 5. The minimum Gasteiger partial charge on any atom is -0.330 e. The van der Waals surface area contributed by atoms with Crippen LogP contribution in [0.4, 0.5) is 0 Å². The van der Waals surface area contributed by atoms with Crippen LogP contribution in [0.5, 0.6) is 0 Å². The van der Waals surface area contributed by atoms with Crippen LogP contribution >= 0.6 is 12.4 Å². The second-order valence-corrected chi connectivity index (χ2v) is 8.18. The van der Waals surface area contributed by atoms with Crippen molar-refractivity contribution in [1.82, 2.24) is 14.7 Å². The molecule has 2 heterocycles. The Morgan fingerprint density at radius 2 is 1.66 bits per heavy atom. The van der Waals surface area contributed by atoms with Gasteiger partial charge in [0.1, 0.15) is 0 Å². The molecule has 1 aromatic heterocycles. The van der Waals surface area contributed by atoms with E-state index < -0.39 is 0 Å². The third-order valence-corrected chi connectivity index (χ3v) is 6.43. The third-order valence-electron chi connectivity index (χ3n) is 6.43. The SMILES string of the molecule is Cl.NC[C@@H]1CN(Cc2nn(-c3ccccc3)c3c2CCC3)C[C@H]1c1ccccc1. The van der Waals surface area contributed by atoms with Gasteiger partial charge in [-0.15, -0.1) is 12.4 Å². The molecule has 5 rings (SSSR count). The highest BCUT2D eigenvalue weighted by Gasteiger charge is 2.34. The van der Waals surface area contributed by atoms with Gasteiger partial charge in [0.25, 0.3) is 0 Å². The van der Waals surface area contributed by atoms with Gasteiger partial charge in [0.2, 0.25) is 0 Å². The fraction of sp³-hybridized carbons (Fsp3) is 0.375. The Hall–Kier alpha value is -2.14. The van der Waals surface area contributed by atoms with Crippen LogP contribution in [-0.2, 0) is 19.4 Å². The number of likely N-dealkylation sites (tertiary alicyclic amines) is 1. The Balaban J connectivity index is 0.00000205. The maximum atomic E-state index is 6.14. The molecule has 1 aliphatic carbocycles. The molecule has 0 bridgehead atoms. The summed E-state index contributed by atoms with van der Waals surface area (Å²) in [4.78, 5) is 2.56. The van der Waals surface area contributed by atoms with Crippen molar-refractivity contribution in [3.05, 3.63) is 83.2 Å². The summed E-state index contributed by atoms with van der Waals surface area (Å²) >= 11 is 0. The van der Waals surface area contributed by atoms with Crippen LogP contribution in [0.1, 0.15) is 34.9 Å². The number of para-hydroxylation sites is 1. The van der Waals surface area contributed by atoms with Gasteiger partial charge in [-0.05, 0) is 55.0 Å². The van der Waals surface area contributed by atoms with Crippen LogP contribution in [0, 0.1) is 5.92 Å². The van der Waals surface area contributed by atoms with Crippen LogP contribution in [-0.4, -0.2) is 34.3 Å². The number of halogens is 1. The van der Waals surface area contributed by atoms with Crippen molar-refractivity contribution in [1.29, 1.82) is 0 Å². The Morgan fingerprint density at radius 1 is 0.931 bits per heavy atom. The number of benzene rings is 2. The maximum Gasteiger partial charge on any atom is 0.0804 e. The molecule has 3 aromatic rings. The first-order valence-electron chi connectivity index (χ1n) is 10.5. The Bertz CT molecular complexity index is 938. The Labute approximate surface area is 179 Å². The average molecular weight is 409 g/mol. The summed E-state index contributed by atoms with van der Waals surface area (Å²) in [6.07, 6.45) is 3.54. The second-order valence-electron chi connectivity index (χ2n) is 8.18. The van der Waals surface area contributed by atoms with Crippen LogP contribution in [0.25, 0.3) is 5.69 Å². The molecule has 0 unspecified atom stereocenters. The van der Waals surface area contributed by atoms with Crippen LogP contribution in [0.2, 0.25) is 0 Å². The van der Waals surface area contributed by atoms with Crippen molar-refractivity contribution in [2.24, 2.45) is 11.7 Å². The lowest BCUT2D eigenvalue weighted by atomic mass is 9.89. The molecule has 0 saturated carbocycles. The third kappa shape index (κ3) is 3.85. The number of hydrogen-bond acceptors (Lipinski definition) is 3. The standard InChI is InChI=1S/C24H28N4.ClH/c25-14-19-15-27(16-22(19)18-8-3-1-4-9-18)17-23-21-12-7-13-24(21)28(26-23)20-10-5-2-6-11-20;/h1-6,8-11,19,22H,7,12-17,25H2;1H/t19-,22+;/m1./s1. The van der Waals surface area contributed by atoms with E-state index in [1.807, 2.05) is 0 Å². The monoisotopic (exact) mass is 408 g/mol. The van der Waals surface area contributed by atoms with E-state index in [0.717, 1.165) is 39.0 Å². The number of aromatic nitrogens is 2. The molecule has 2 atom stereocenters. The highest BCUT2D eigenvalue weighted by atomic mass is 35.5. The fourth-order valence-electron chi connectivity index (χ4n) is 5.04. The van der Waals surface area contributed by atoms with Gasteiger partial charge in [0.15, 0.2) is 0 Å². The van der Waals surface area contributed by atoms with E-state index in [4.69, 9.17) is 10.8 Å². The first-order chi connectivity index (χ1) is 13.8. The molecule has 4 nitrogen and oxygen atoms in total. The van der Waals surface area contributed by atoms with Crippen molar-refractivity contribution >= 4 is 12.4 Å². The van der Waals surface area contributed by atoms with E-state index in [-0.39, 0.29) is 12.4 Å². The minimum atomic E-state index is 0. The maximum absolute atomic E-state index is 6.14. The molecule has 2 N–H and O–H groups in total. The first kappa shape index (κ1) is 20.1. The van der Waals surface area contributed by atoms with Crippen molar-refractivity contribution in [3.8, 4) is 5.69 Å². The molecule has 152 valence electrons. The Morgan fingerprint density at radius 3 is 2.38 bits per heavy atom. The topological polar surface area (TPSA) is 47.1 Å². The molecule has 29 heavy (non-hydrogen) atoms. The lowest BCUT2D eigenvalue weighted by molar-refractivity contribution is 0.311. The average Bonchev–Trinajstić information content (AvgIpc) is 3.46. The lowest BCUT2D eigenvalue weighted by Crippen LogP contribution is -2.23. The molecule has 1 saturated heterocycles. The molecular formula is C24H29ClN4. The van der Waals surface area contributed by atoms with E-state index >= 15 is 0 Å². The molecule has 0 spiro atoms. The van der Waals surface area contributed by atoms with E-state index in [1.165, 1.54) is 34.6 Å². The van der Waals surface area contributed by atoms with Gasteiger partial charge in [-0.25, -0.2) is 4.68 Å². The predicted octanol–water partition coefficient (Wildman–Crippen LogP) is 3.96. The van der Waals surface area contributed by atoms with Crippen molar-refractivity contribution in [2.75, 3.05) is 19.6 Å². The van der Waals surface area contributed by atoms with Gasteiger partial charge in [0.05, 0.1) is 11.4 Å². The second kappa shape index (κ2) is 8.70. The van der Waals surface area contributed by atoms with Crippen molar-refractivity contribution in [2.45, 2.75) is 31.7 Å². The number of fused-ring (bicyclic) bond motifs is 1. The quantitative estimate of drug-likeness (QED) is 0.695. The van der Waals surface area contributed by atoms with Gasteiger partial charge < -0.3 is 5.73 Å².